The molecule has 25 heavy (non-hydrogen) atoms. The summed E-state index contributed by atoms with van der Waals surface area (Å²) in [6, 6.07) is 21.2. The van der Waals surface area contributed by atoms with Gasteiger partial charge in [-0.1, -0.05) is 54.6 Å². The van der Waals surface area contributed by atoms with E-state index in [1.807, 2.05) is 53.9 Å². The summed E-state index contributed by atoms with van der Waals surface area (Å²) in [5.41, 5.74) is 6.92. The summed E-state index contributed by atoms with van der Waals surface area (Å²) < 4.78 is 0. The lowest BCUT2D eigenvalue weighted by Crippen LogP contribution is -2.41. The van der Waals surface area contributed by atoms with Gasteiger partial charge in [-0.2, -0.15) is 0 Å². The SMILES string of the molecule is NC(=O)[C@@H](c1ccccc1)N(Cc1cccs1)C(=O)c1ccccc1. The zero-order valence-electron chi connectivity index (χ0n) is 13.5. The van der Waals surface area contributed by atoms with Crippen LogP contribution in [0.4, 0.5) is 0 Å². The van der Waals surface area contributed by atoms with Gasteiger partial charge in [-0.05, 0) is 29.1 Å². The second-order valence-corrected chi connectivity index (χ2v) is 6.63. The Kier molecular flexibility index (Phi) is 5.26. The first-order valence-electron chi connectivity index (χ1n) is 7.89. The van der Waals surface area contributed by atoms with Crippen LogP contribution in [0.25, 0.3) is 0 Å². The summed E-state index contributed by atoms with van der Waals surface area (Å²) in [7, 11) is 0. The van der Waals surface area contributed by atoms with Crippen molar-refractivity contribution in [3.8, 4) is 0 Å². The van der Waals surface area contributed by atoms with Crippen molar-refractivity contribution in [3.05, 3.63) is 94.2 Å². The molecule has 4 nitrogen and oxygen atoms in total. The van der Waals surface area contributed by atoms with E-state index in [1.165, 1.54) is 0 Å². The standard InChI is InChI=1S/C20H18N2O2S/c21-19(23)18(15-8-3-1-4-9-15)22(14-17-12-7-13-25-17)20(24)16-10-5-2-6-11-16/h1-13,18H,14H2,(H2,21,23)/t18-/m1/s1. The molecule has 0 fully saturated rings. The van der Waals surface area contributed by atoms with Crippen LogP contribution >= 0.6 is 11.3 Å². The maximum Gasteiger partial charge on any atom is 0.255 e. The number of hydrogen-bond donors (Lipinski definition) is 1. The van der Waals surface area contributed by atoms with Gasteiger partial charge in [0.2, 0.25) is 5.91 Å². The van der Waals surface area contributed by atoms with Gasteiger partial charge < -0.3 is 10.6 Å². The molecule has 1 atom stereocenters. The van der Waals surface area contributed by atoms with Gasteiger partial charge in [-0.3, -0.25) is 9.59 Å². The van der Waals surface area contributed by atoms with Crippen LogP contribution in [0.1, 0.15) is 26.8 Å². The topological polar surface area (TPSA) is 63.4 Å². The maximum absolute atomic E-state index is 13.1. The minimum Gasteiger partial charge on any atom is -0.368 e. The molecule has 2 amide bonds. The van der Waals surface area contributed by atoms with Gasteiger partial charge in [0.05, 0.1) is 6.54 Å². The van der Waals surface area contributed by atoms with Crippen molar-refractivity contribution < 1.29 is 9.59 Å². The molecule has 5 heteroatoms. The van der Waals surface area contributed by atoms with Crippen LogP contribution in [0.2, 0.25) is 0 Å². The normalized spacial score (nSPS) is 11.7. The van der Waals surface area contributed by atoms with E-state index in [2.05, 4.69) is 0 Å². The Morgan fingerprint density at radius 1 is 0.920 bits per heavy atom. The fraction of sp³-hybridized carbons (Fsp3) is 0.100. The number of hydrogen-bond acceptors (Lipinski definition) is 3. The first kappa shape index (κ1) is 16.9. The highest BCUT2D eigenvalue weighted by Gasteiger charge is 2.30. The molecule has 0 bridgehead atoms. The van der Waals surface area contributed by atoms with Crippen molar-refractivity contribution in [2.75, 3.05) is 0 Å². The van der Waals surface area contributed by atoms with Crippen LogP contribution in [-0.4, -0.2) is 16.7 Å². The number of nitrogens with two attached hydrogens (primary N) is 1. The quantitative estimate of drug-likeness (QED) is 0.738. The Bertz CT molecular complexity index is 833. The smallest absolute Gasteiger partial charge is 0.255 e. The number of carbonyl (C=O) groups excluding carboxylic acids is 2. The molecule has 0 aliphatic carbocycles. The van der Waals surface area contributed by atoms with E-state index in [4.69, 9.17) is 5.73 Å². The molecule has 0 radical (unpaired) electrons. The average molecular weight is 350 g/mol. The van der Waals surface area contributed by atoms with Crippen LogP contribution in [0, 0.1) is 0 Å². The summed E-state index contributed by atoms with van der Waals surface area (Å²) in [6.07, 6.45) is 0. The van der Waals surface area contributed by atoms with Crippen molar-refractivity contribution in [2.45, 2.75) is 12.6 Å². The maximum atomic E-state index is 13.1. The van der Waals surface area contributed by atoms with Gasteiger partial charge in [0.15, 0.2) is 0 Å². The molecule has 0 saturated heterocycles. The Labute approximate surface area is 150 Å². The summed E-state index contributed by atoms with van der Waals surface area (Å²) in [4.78, 5) is 27.9. The Morgan fingerprint density at radius 3 is 2.12 bits per heavy atom. The minimum atomic E-state index is -0.823. The number of rotatable bonds is 6. The van der Waals surface area contributed by atoms with Gasteiger partial charge in [-0.25, -0.2) is 0 Å². The number of nitrogens with zero attached hydrogens (tertiary/aromatic N) is 1. The van der Waals surface area contributed by atoms with Crippen molar-refractivity contribution in [2.24, 2.45) is 5.73 Å². The predicted octanol–water partition coefficient (Wildman–Crippen LogP) is 3.62. The van der Waals surface area contributed by atoms with Gasteiger partial charge in [0.1, 0.15) is 6.04 Å². The molecule has 3 aromatic rings. The third kappa shape index (κ3) is 3.95. The van der Waals surface area contributed by atoms with Crippen molar-refractivity contribution in [3.63, 3.8) is 0 Å². The number of thiophene rings is 1. The van der Waals surface area contributed by atoms with Crippen molar-refractivity contribution >= 4 is 23.2 Å². The van der Waals surface area contributed by atoms with Crippen LogP contribution in [0.5, 0.6) is 0 Å². The number of carbonyl (C=O) groups is 2. The predicted molar refractivity (Wildman–Crippen MR) is 99.0 cm³/mol. The molecule has 0 spiro atoms. The zero-order chi connectivity index (χ0) is 17.6. The second-order valence-electron chi connectivity index (χ2n) is 5.59. The molecule has 0 unspecified atom stereocenters. The van der Waals surface area contributed by atoms with Crippen LogP contribution in [-0.2, 0) is 11.3 Å². The number of amides is 2. The Balaban J connectivity index is 2.02. The van der Waals surface area contributed by atoms with Gasteiger partial charge in [0, 0.05) is 10.4 Å². The van der Waals surface area contributed by atoms with Crippen molar-refractivity contribution in [1.82, 2.24) is 4.90 Å². The molecular weight excluding hydrogens is 332 g/mol. The highest BCUT2D eigenvalue weighted by molar-refractivity contribution is 7.09. The van der Waals surface area contributed by atoms with E-state index in [0.717, 1.165) is 4.88 Å². The van der Waals surface area contributed by atoms with Gasteiger partial charge in [-0.15, -0.1) is 11.3 Å². The first-order valence-corrected chi connectivity index (χ1v) is 8.77. The number of primary amides is 1. The molecular formula is C20H18N2O2S. The fourth-order valence-corrected chi connectivity index (χ4v) is 3.43. The highest BCUT2D eigenvalue weighted by Crippen LogP contribution is 2.26. The zero-order valence-corrected chi connectivity index (χ0v) is 14.4. The van der Waals surface area contributed by atoms with E-state index in [9.17, 15) is 9.59 Å². The largest absolute Gasteiger partial charge is 0.368 e. The van der Waals surface area contributed by atoms with Crippen LogP contribution in [0.15, 0.2) is 78.2 Å². The summed E-state index contributed by atoms with van der Waals surface area (Å²) in [6.45, 7) is 0.327. The molecule has 0 saturated carbocycles. The minimum absolute atomic E-state index is 0.221. The molecule has 3 rings (SSSR count). The fourth-order valence-electron chi connectivity index (χ4n) is 2.73. The third-order valence-corrected chi connectivity index (χ3v) is 4.75. The monoisotopic (exact) mass is 350 g/mol. The molecule has 2 N–H and O–H groups in total. The van der Waals surface area contributed by atoms with E-state index in [0.29, 0.717) is 17.7 Å². The summed E-state index contributed by atoms with van der Waals surface area (Å²) >= 11 is 1.54. The third-order valence-electron chi connectivity index (χ3n) is 3.88. The van der Waals surface area contributed by atoms with E-state index in [-0.39, 0.29) is 5.91 Å². The van der Waals surface area contributed by atoms with E-state index in [1.54, 1.807) is 40.5 Å². The molecule has 0 aliphatic heterocycles. The molecule has 0 aliphatic rings. The average Bonchev–Trinajstić information content (AvgIpc) is 3.15. The molecule has 1 heterocycles. The van der Waals surface area contributed by atoms with Gasteiger partial charge >= 0.3 is 0 Å². The molecule has 126 valence electrons. The summed E-state index contributed by atoms with van der Waals surface area (Å²) in [5.74, 6) is -0.770. The molecule has 1 aromatic heterocycles. The van der Waals surface area contributed by atoms with Crippen LogP contribution in [0.3, 0.4) is 0 Å². The highest BCUT2D eigenvalue weighted by atomic mass is 32.1. The lowest BCUT2D eigenvalue weighted by atomic mass is 10.0. The van der Waals surface area contributed by atoms with E-state index < -0.39 is 11.9 Å². The van der Waals surface area contributed by atoms with Crippen molar-refractivity contribution in [1.29, 1.82) is 0 Å². The Morgan fingerprint density at radius 2 is 1.56 bits per heavy atom. The van der Waals surface area contributed by atoms with Gasteiger partial charge in [0.25, 0.3) is 5.91 Å². The second kappa shape index (κ2) is 7.77. The number of benzene rings is 2. The van der Waals surface area contributed by atoms with E-state index >= 15 is 0 Å². The lowest BCUT2D eigenvalue weighted by Gasteiger charge is -2.30. The molecule has 2 aromatic carbocycles. The first-order chi connectivity index (χ1) is 12.2. The Hall–Kier alpha value is -2.92. The lowest BCUT2D eigenvalue weighted by molar-refractivity contribution is -0.122. The van der Waals surface area contributed by atoms with Crippen LogP contribution < -0.4 is 5.73 Å². The summed E-state index contributed by atoms with van der Waals surface area (Å²) in [5, 5.41) is 1.95.